The predicted octanol–water partition coefficient (Wildman–Crippen LogP) is 2.69. The highest BCUT2D eigenvalue weighted by atomic mass is 16.5. The van der Waals surface area contributed by atoms with E-state index >= 15 is 0 Å². The van der Waals surface area contributed by atoms with E-state index in [1.807, 2.05) is 6.92 Å². The number of rotatable bonds is 2. The van der Waals surface area contributed by atoms with E-state index in [9.17, 15) is 4.79 Å². The molecule has 0 aliphatic heterocycles. The molecule has 2 aliphatic carbocycles. The summed E-state index contributed by atoms with van der Waals surface area (Å²) in [5, 5.41) is 0. The van der Waals surface area contributed by atoms with E-state index in [4.69, 9.17) is 4.74 Å². The molecule has 2 rings (SSSR count). The molecule has 0 spiro atoms. The maximum Gasteiger partial charge on any atom is 0.316 e. The molecule has 14 heavy (non-hydrogen) atoms. The zero-order chi connectivity index (χ0) is 10.2. The second-order valence-electron chi connectivity index (χ2n) is 4.55. The summed E-state index contributed by atoms with van der Waals surface area (Å²) in [6.07, 6.45) is 5.38. The van der Waals surface area contributed by atoms with Crippen molar-refractivity contribution in [1.29, 1.82) is 0 Å². The molecule has 2 nitrogen and oxygen atoms in total. The van der Waals surface area contributed by atoms with Crippen LogP contribution in [0.15, 0.2) is 12.2 Å². The minimum absolute atomic E-state index is 0.0211. The van der Waals surface area contributed by atoms with Crippen LogP contribution < -0.4 is 0 Å². The summed E-state index contributed by atoms with van der Waals surface area (Å²) in [6.45, 7) is 6.42. The van der Waals surface area contributed by atoms with E-state index in [-0.39, 0.29) is 11.4 Å². The molecule has 0 radical (unpaired) electrons. The molecule has 0 saturated heterocycles. The van der Waals surface area contributed by atoms with Gasteiger partial charge in [0.2, 0.25) is 0 Å². The van der Waals surface area contributed by atoms with Gasteiger partial charge >= 0.3 is 5.97 Å². The van der Waals surface area contributed by atoms with Gasteiger partial charge < -0.3 is 4.74 Å². The summed E-state index contributed by atoms with van der Waals surface area (Å²) in [6, 6.07) is 0. The molecule has 78 valence electrons. The number of fused-ring (bicyclic) bond motifs is 2. The van der Waals surface area contributed by atoms with Gasteiger partial charge in [-0.1, -0.05) is 12.2 Å². The Morgan fingerprint density at radius 1 is 1.64 bits per heavy atom. The SMILES string of the molecule is C=C1CCC2CCC1(C(=O)OCC)C2. The van der Waals surface area contributed by atoms with Crippen LogP contribution in [-0.2, 0) is 9.53 Å². The van der Waals surface area contributed by atoms with Gasteiger partial charge in [0.1, 0.15) is 0 Å². The first-order chi connectivity index (χ1) is 6.69. The molecular formula is C12H18O2. The molecule has 0 aromatic heterocycles. The molecule has 2 bridgehead atoms. The van der Waals surface area contributed by atoms with Gasteiger partial charge in [-0.05, 0) is 44.9 Å². The van der Waals surface area contributed by atoms with Gasteiger partial charge in [-0.2, -0.15) is 0 Å². The number of esters is 1. The molecule has 0 aromatic carbocycles. The van der Waals surface area contributed by atoms with Crippen LogP contribution in [0.25, 0.3) is 0 Å². The molecule has 2 aliphatic rings. The summed E-state index contributed by atoms with van der Waals surface area (Å²) in [5.41, 5.74) is 0.823. The van der Waals surface area contributed by atoms with Crippen molar-refractivity contribution in [3.8, 4) is 0 Å². The van der Waals surface area contributed by atoms with Gasteiger partial charge in [0.05, 0.1) is 12.0 Å². The molecule has 0 aromatic rings. The fraction of sp³-hybridized carbons (Fsp3) is 0.750. The highest BCUT2D eigenvalue weighted by Gasteiger charge is 2.50. The van der Waals surface area contributed by atoms with Crippen molar-refractivity contribution in [3.63, 3.8) is 0 Å². The third kappa shape index (κ3) is 1.28. The van der Waals surface area contributed by atoms with Crippen LogP contribution >= 0.6 is 0 Å². The highest BCUT2D eigenvalue weighted by molar-refractivity contribution is 5.81. The fourth-order valence-electron chi connectivity index (χ4n) is 2.93. The van der Waals surface area contributed by atoms with Gasteiger partial charge in [0.25, 0.3) is 0 Å². The number of hydrogen-bond acceptors (Lipinski definition) is 2. The summed E-state index contributed by atoms with van der Waals surface area (Å²) in [4.78, 5) is 11.9. The molecular weight excluding hydrogens is 176 g/mol. The standard InChI is InChI=1S/C12H18O2/c1-3-14-11(13)12-7-6-10(8-12)5-4-9(12)2/h10H,2-8H2,1H3. The summed E-state index contributed by atoms with van der Waals surface area (Å²) >= 11 is 0. The zero-order valence-corrected chi connectivity index (χ0v) is 8.84. The van der Waals surface area contributed by atoms with Crippen LogP contribution in [0.1, 0.15) is 39.0 Å². The van der Waals surface area contributed by atoms with E-state index in [1.54, 1.807) is 0 Å². The Morgan fingerprint density at radius 3 is 3.14 bits per heavy atom. The monoisotopic (exact) mass is 194 g/mol. The summed E-state index contributed by atoms with van der Waals surface area (Å²) in [5.74, 6) is 0.720. The zero-order valence-electron chi connectivity index (χ0n) is 8.84. The molecule has 2 unspecified atom stereocenters. The van der Waals surface area contributed by atoms with Crippen LogP contribution in [0.3, 0.4) is 0 Å². The van der Waals surface area contributed by atoms with Crippen molar-refractivity contribution in [2.24, 2.45) is 11.3 Å². The van der Waals surface area contributed by atoms with Gasteiger partial charge in [-0.15, -0.1) is 0 Å². The van der Waals surface area contributed by atoms with E-state index in [2.05, 4.69) is 6.58 Å². The van der Waals surface area contributed by atoms with E-state index in [0.29, 0.717) is 6.61 Å². The lowest BCUT2D eigenvalue weighted by molar-refractivity contribution is -0.153. The predicted molar refractivity (Wildman–Crippen MR) is 54.8 cm³/mol. The van der Waals surface area contributed by atoms with E-state index in [0.717, 1.165) is 30.8 Å². The minimum atomic E-state index is -0.293. The lowest BCUT2D eigenvalue weighted by atomic mass is 9.72. The first-order valence-electron chi connectivity index (χ1n) is 5.54. The Bertz CT molecular complexity index is 269. The van der Waals surface area contributed by atoms with Crippen molar-refractivity contribution in [2.45, 2.75) is 39.0 Å². The first-order valence-corrected chi connectivity index (χ1v) is 5.54. The topological polar surface area (TPSA) is 26.3 Å². The quantitative estimate of drug-likeness (QED) is 0.499. The second kappa shape index (κ2) is 3.41. The average Bonchev–Trinajstić information content (AvgIpc) is 2.54. The Hall–Kier alpha value is -0.790. The minimum Gasteiger partial charge on any atom is -0.465 e. The molecule has 2 atom stereocenters. The van der Waals surface area contributed by atoms with Crippen LogP contribution in [0, 0.1) is 11.3 Å². The number of carbonyl (C=O) groups is 1. The molecule has 2 fully saturated rings. The Balaban J connectivity index is 2.20. The smallest absolute Gasteiger partial charge is 0.316 e. The number of carbonyl (C=O) groups excluding carboxylic acids is 1. The molecule has 2 saturated carbocycles. The van der Waals surface area contributed by atoms with Gasteiger partial charge in [0.15, 0.2) is 0 Å². The molecule has 0 amide bonds. The van der Waals surface area contributed by atoms with Gasteiger partial charge in [-0.25, -0.2) is 0 Å². The summed E-state index contributed by atoms with van der Waals surface area (Å²) in [7, 11) is 0. The van der Waals surface area contributed by atoms with Crippen molar-refractivity contribution in [1.82, 2.24) is 0 Å². The van der Waals surface area contributed by atoms with Crippen LogP contribution in [0.2, 0.25) is 0 Å². The first kappa shape index (κ1) is 9.75. The maximum atomic E-state index is 11.9. The van der Waals surface area contributed by atoms with Crippen LogP contribution in [0.4, 0.5) is 0 Å². The lowest BCUT2D eigenvalue weighted by Crippen LogP contribution is -2.34. The third-order valence-electron chi connectivity index (χ3n) is 3.81. The Morgan fingerprint density at radius 2 is 2.43 bits per heavy atom. The average molecular weight is 194 g/mol. The van der Waals surface area contributed by atoms with Crippen molar-refractivity contribution >= 4 is 5.97 Å². The number of hydrogen-bond donors (Lipinski definition) is 0. The van der Waals surface area contributed by atoms with Crippen molar-refractivity contribution in [2.75, 3.05) is 6.61 Å². The highest BCUT2D eigenvalue weighted by Crippen LogP contribution is 2.54. The molecule has 0 N–H and O–H groups in total. The third-order valence-corrected chi connectivity index (χ3v) is 3.81. The Kier molecular flexibility index (Phi) is 2.38. The Labute approximate surface area is 85.3 Å². The van der Waals surface area contributed by atoms with Gasteiger partial charge in [-0.3, -0.25) is 4.79 Å². The number of ether oxygens (including phenoxy) is 1. The van der Waals surface area contributed by atoms with Crippen LogP contribution in [-0.4, -0.2) is 12.6 Å². The van der Waals surface area contributed by atoms with Crippen molar-refractivity contribution < 1.29 is 9.53 Å². The fourth-order valence-corrected chi connectivity index (χ4v) is 2.93. The molecule has 0 heterocycles. The normalized spacial score (nSPS) is 35.8. The largest absolute Gasteiger partial charge is 0.465 e. The second-order valence-corrected chi connectivity index (χ2v) is 4.55. The summed E-state index contributed by atoms with van der Waals surface area (Å²) < 4.78 is 5.17. The van der Waals surface area contributed by atoms with Crippen LogP contribution in [0.5, 0.6) is 0 Å². The van der Waals surface area contributed by atoms with Gasteiger partial charge in [0, 0.05) is 0 Å². The van der Waals surface area contributed by atoms with Crippen molar-refractivity contribution in [3.05, 3.63) is 12.2 Å². The van der Waals surface area contributed by atoms with E-state index in [1.165, 1.54) is 12.8 Å². The molecule has 2 heteroatoms. The lowest BCUT2D eigenvalue weighted by Gasteiger charge is -2.32. The van der Waals surface area contributed by atoms with E-state index < -0.39 is 0 Å². The maximum absolute atomic E-state index is 11.9.